The highest BCUT2D eigenvalue weighted by Crippen LogP contribution is 2.22. The van der Waals surface area contributed by atoms with Crippen molar-refractivity contribution < 1.29 is 9.20 Å². The first-order valence-corrected chi connectivity index (χ1v) is 9.01. The number of carbonyl (C=O) groups excluding carboxylic acids is 1. The van der Waals surface area contributed by atoms with Crippen molar-refractivity contribution in [2.75, 3.05) is 5.32 Å². The van der Waals surface area contributed by atoms with Gasteiger partial charge in [0.1, 0.15) is 12.4 Å². The molecule has 0 spiro atoms. The second kappa shape index (κ2) is 6.22. The smallest absolute Gasteiger partial charge is 0.322 e. The van der Waals surface area contributed by atoms with E-state index >= 15 is 0 Å². The number of aromatic nitrogens is 2. The number of H-pyrrole nitrogens is 1. The minimum absolute atomic E-state index is 0.129. The molecule has 4 nitrogen and oxygen atoms in total. The summed E-state index contributed by atoms with van der Waals surface area (Å²) in [5.74, 6) is -0.129. The van der Waals surface area contributed by atoms with Gasteiger partial charge < -0.3 is 5.32 Å². The first-order chi connectivity index (χ1) is 11.7. The van der Waals surface area contributed by atoms with Crippen LogP contribution in [-0.4, -0.2) is 10.9 Å². The Labute approximate surface area is 150 Å². The lowest BCUT2D eigenvalue weighted by molar-refractivity contribution is -0.505. The van der Waals surface area contributed by atoms with E-state index in [9.17, 15) is 4.79 Å². The largest absolute Gasteiger partial charge is 0.343 e. The summed E-state index contributed by atoms with van der Waals surface area (Å²) in [7, 11) is 0. The van der Waals surface area contributed by atoms with Crippen LogP contribution in [0.15, 0.2) is 70.8 Å². The van der Waals surface area contributed by atoms with Crippen LogP contribution in [0.1, 0.15) is 10.4 Å². The lowest BCUT2D eigenvalue weighted by Crippen LogP contribution is -2.12. The third kappa shape index (κ3) is 2.98. The summed E-state index contributed by atoms with van der Waals surface area (Å²) in [5, 5.41) is 4.98. The number of amides is 1. The van der Waals surface area contributed by atoms with Crippen LogP contribution in [0.25, 0.3) is 16.2 Å². The van der Waals surface area contributed by atoms with E-state index < -0.39 is 0 Å². The van der Waals surface area contributed by atoms with Crippen LogP contribution in [0.2, 0.25) is 0 Å². The number of aromatic amines is 1. The van der Waals surface area contributed by atoms with Crippen LogP contribution in [0.5, 0.6) is 0 Å². The van der Waals surface area contributed by atoms with Gasteiger partial charge in [0.25, 0.3) is 5.91 Å². The summed E-state index contributed by atoms with van der Waals surface area (Å²) < 4.78 is 2.93. The molecule has 1 amide bonds. The monoisotopic (exact) mass is 398 g/mol. The zero-order valence-electron chi connectivity index (χ0n) is 12.5. The molecule has 0 bridgehead atoms. The Kier molecular flexibility index (Phi) is 3.92. The summed E-state index contributed by atoms with van der Waals surface area (Å²) >= 11 is 5.04. The van der Waals surface area contributed by atoms with E-state index in [-0.39, 0.29) is 5.91 Å². The van der Waals surface area contributed by atoms with Gasteiger partial charge in [-0.2, -0.15) is 4.40 Å². The molecule has 0 fully saturated rings. The van der Waals surface area contributed by atoms with Crippen molar-refractivity contribution in [2.45, 2.75) is 0 Å². The van der Waals surface area contributed by atoms with Crippen molar-refractivity contribution in [3.63, 3.8) is 0 Å². The highest BCUT2D eigenvalue weighted by Gasteiger charge is 2.13. The summed E-state index contributed by atoms with van der Waals surface area (Å²) in [4.78, 5) is 16.8. The number of hydrogen-bond donors (Lipinski definition) is 2. The van der Waals surface area contributed by atoms with E-state index in [1.54, 1.807) is 23.5 Å². The van der Waals surface area contributed by atoms with Gasteiger partial charge in [-0.15, -0.1) is 0 Å². The molecule has 0 saturated carbocycles. The minimum atomic E-state index is -0.129. The van der Waals surface area contributed by atoms with Crippen molar-refractivity contribution in [2.24, 2.45) is 0 Å². The Bertz CT molecular complexity index is 1010. The quantitative estimate of drug-likeness (QED) is 0.490. The van der Waals surface area contributed by atoms with Crippen molar-refractivity contribution in [3.8, 4) is 11.3 Å². The molecular weight excluding hydrogens is 386 g/mol. The first kappa shape index (κ1) is 15.1. The molecule has 0 radical (unpaired) electrons. The number of nitrogens with zero attached hydrogens (tertiary/aromatic N) is 1. The van der Waals surface area contributed by atoms with Crippen molar-refractivity contribution in [1.29, 1.82) is 0 Å². The molecule has 24 heavy (non-hydrogen) atoms. The van der Waals surface area contributed by atoms with Gasteiger partial charge in [-0.25, -0.2) is 4.98 Å². The number of halogens is 1. The number of fused-ring (bicyclic) bond motifs is 1. The standard InChI is InChI=1S/C18H12BrN3OS/c19-14-5-1-4-13(9-14)17(23)20-15-6-2-3-12(10-15)16-11-22-7-8-24-18(22)21-16/h1-11H,(H,20,23)/p+1. The Balaban J connectivity index is 1.60. The highest BCUT2D eigenvalue weighted by atomic mass is 79.9. The topological polar surface area (TPSA) is 49.0 Å². The average Bonchev–Trinajstić information content (AvgIpc) is 3.17. The van der Waals surface area contributed by atoms with Gasteiger partial charge in [0.2, 0.25) is 0 Å². The molecule has 0 unspecified atom stereocenters. The first-order valence-electron chi connectivity index (χ1n) is 7.34. The average molecular weight is 399 g/mol. The molecule has 2 heterocycles. The molecule has 2 aromatic heterocycles. The maximum absolute atomic E-state index is 12.4. The van der Waals surface area contributed by atoms with E-state index in [4.69, 9.17) is 0 Å². The van der Waals surface area contributed by atoms with E-state index in [0.29, 0.717) is 5.56 Å². The fraction of sp³-hybridized carbons (Fsp3) is 0. The van der Waals surface area contributed by atoms with E-state index in [1.807, 2.05) is 58.6 Å². The van der Waals surface area contributed by atoms with Gasteiger partial charge in [0, 0.05) is 26.7 Å². The van der Waals surface area contributed by atoms with Crippen LogP contribution in [0.4, 0.5) is 5.69 Å². The van der Waals surface area contributed by atoms with Gasteiger partial charge in [0.15, 0.2) is 5.69 Å². The fourth-order valence-corrected chi connectivity index (χ4v) is 3.64. The summed E-state index contributed by atoms with van der Waals surface area (Å²) in [6.45, 7) is 0. The number of carbonyl (C=O) groups is 1. The minimum Gasteiger partial charge on any atom is -0.322 e. The fourth-order valence-electron chi connectivity index (χ4n) is 2.52. The normalized spacial score (nSPS) is 10.9. The Morgan fingerprint density at radius 2 is 2.04 bits per heavy atom. The second-order valence-electron chi connectivity index (χ2n) is 5.33. The van der Waals surface area contributed by atoms with E-state index in [0.717, 1.165) is 26.4 Å². The van der Waals surface area contributed by atoms with Crippen LogP contribution >= 0.6 is 27.3 Å². The zero-order valence-corrected chi connectivity index (χ0v) is 14.9. The molecule has 4 aromatic rings. The predicted octanol–water partition coefficient (Wildman–Crippen LogP) is 4.50. The number of hydrogen-bond acceptors (Lipinski definition) is 2. The third-order valence-electron chi connectivity index (χ3n) is 3.66. The Hall–Kier alpha value is -2.44. The van der Waals surface area contributed by atoms with Crippen molar-refractivity contribution in [1.82, 2.24) is 4.98 Å². The molecule has 0 aliphatic heterocycles. The zero-order chi connectivity index (χ0) is 16.5. The van der Waals surface area contributed by atoms with Crippen LogP contribution < -0.4 is 9.72 Å². The van der Waals surface area contributed by atoms with Crippen LogP contribution in [0, 0.1) is 0 Å². The molecule has 6 heteroatoms. The van der Waals surface area contributed by atoms with Crippen molar-refractivity contribution >= 4 is 43.8 Å². The molecule has 2 N–H and O–H groups in total. The van der Waals surface area contributed by atoms with Gasteiger partial charge in [0.05, 0.1) is 0 Å². The van der Waals surface area contributed by atoms with Gasteiger partial charge in [-0.05, 0) is 30.3 Å². The number of thiazole rings is 1. The number of imidazole rings is 1. The number of benzene rings is 2. The summed E-state index contributed by atoms with van der Waals surface area (Å²) in [5.41, 5.74) is 3.42. The molecule has 2 aromatic carbocycles. The Morgan fingerprint density at radius 3 is 2.88 bits per heavy atom. The summed E-state index contributed by atoms with van der Waals surface area (Å²) in [6, 6.07) is 15.1. The van der Waals surface area contributed by atoms with Gasteiger partial charge >= 0.3 is 4.96 Å². The lowest BCUT2D eigenvalue weighted by atomic mass is 10.1. The van der Waals surface area contributed by atoms with E-state index in [2.05, 4.69) is 26.2 Å². The molecular formula is C18H13BrN3OS+. The van der Waals surface area contributed by atoms with Crippen molar-refractivity contribution in [3.05, 3.63) is 76.3 Å². The lowest BCUT2D eigenvalue weighted by Gasteiger charge is -2.06. The number of rotatable bonds is 3. The highest BCUT2D eigenvalue weighted by molar-refractivity contribution is 9.10. The number of nitrogens with one attached hydrogen (secondary N) is 2. The van der Waals surface area contributed by atoms with Gasteiger partial charge in [-0.1, -0.05) is 45.5 Å². The molecule has 0 atom stereocenters. The molecule has 0 aliphatic rings. The molecule has 4 rings (SSSR count). The maximum atomic E-state index is 12.4. The van der Waals surface area contributed by atoms with Gasteiger partial charge in [-0.3, -0.25) is 4.79 Å². The third-order valence-corrected chi connectivity index (χ3v) is 4.95. The van der Waals surface area contributed by atoms with E-state index in [1.165, 1.54) is 0 Å². The SMILES string of the molecule is O=C(Nc1cccc(-c2c[n+]3ccsc3[nH]2)c1)c1cccc(Br)c1. The Morgan fingerprint density at radius 1 is 1.17 bits per heavy atom. The molecule has 118 valence electrons. The molecule has 0 aliphatic carbocycles. The van der Waals surface area contributed by atoms with Crippen LogP contribution in [-0.2, 0) is 0 Å². The maximum Gasteiger partial charge on any atom is 0.343 e. The van der Waals surface area contributed by atoms with Crippen LogP contribution in [0.3, 0.4) is 0 Å². The number of anilines is 1. The summed E-state index contributed by atoms with van der Waals surface area (Å²) in [6.07, 6.45) is 4.06. The molecule has 0 saturated heterocycles. The predicted molar refractivity (Wildman–Crippen MR) is 99.4 cm³/mol. The second-order valence-corrected chi connectivity index (χ2v) is 7.14.